The molecule has 0 spiro atoms. The van der Waals surface area contributed by atoms with Gasteiger partial charge in [0.05, 0.1) is 0 Å². The van der Waals surface area contributed by atoms with Crippen LogP contribution in [0.2, 0.25) is 0 Å². The zero-order valence-electron chi connectivity index (χ0n) is 10.6. The van der Waals surface area contributed by atoms with Gasteiger partial charge in [-0.1, -0.05) is 48.5 Å². The first-order chi connectivity index (χ1) is 8.93. The predicted octanol–water partition coefficient (Wildman–Crippen LogP) is 3.75. The molecule has 1 nitrogen and oxygen atoms in total. The summed E-state index contributed by atoms with van der Waals surface area (Å²) in [4.78, 5) is 2.53. The Morgan fingerprint density at radius 1 is 0.944 bits per heavy atom. The lowest BCUT2D eigenvalue weighted by molar-refractivity contribution is 0.331. The zero-order valence-corrected chi connectivity index (χ0v) is 10.6. The van der Waals surface area contributed by atoms with Gasteiger partial charge in [0, 0.05) is 6.54 Å². The van der Waals surface area contributed by atoms with Crippen molar-refractivity contribution in [1.82, 2.24) is 4.90 Å². The number of likely N-dealkylation sites (tertiary alicyclic amines) is 1. The van der Waals surface area contributed by atoms with E-state index in [2.05, 4.69) is 53.4 Å². The molecule has 0 aliphatic carbocycles. The minimum atomic E-state index is 1.03. The molecular formula is C17H18N. The summed E-state index contributed by atoms with van der Waals surface area (Å²) in [6.07, 6.45) is 2.68. The van der Waals surface area contributed by atoms with Crippen LogP contribution < -0.4 is 0 Å². The topological polar surface area (TPSA) is 3.24 Å². The van der Waals surface area contributed by atoms with Crippen molar-refractivity contribution in [1.29, 1.82) is 0 Å². The van der Waals surface area contributed by atoms with Crippen molar-refractivity contribution >= 4 is 0 Å². The first kappa shape index (κ1) is 11.5. The standard InChI is InChI=1S/C17H18N/c1-2-8-15(9-3-1)17-11-5-4-10-16(17)14-18-12-6-7-13-18/h1-5,8-9,11H,6-7,12-14H2. The van der Waals surface area contributed by atoms with Crippen LogP contribution >= 0.6 is 0 Å². The van der Waals surface area contributed by atoms with Crippen molar-refractivity contribution in [2.75, 3.05) is 13.1 Å². The molecule has 91 valence electrons. The molecule has 2 aromatic carbocycles. The maximum absolute atomic E-state index is 3.42. The van der Waals surface area contributed by atoms with Crippen LogP contribution in [0.5, 0.6) is 0 Å². The molecule has 1 fully saturated rings. The number of benzene rings is 2. The number of nitrogens with zero attached hydrogens (tertiary/aromatic N) is 1. The molecule has 3 rings (SSSR count). The van der Waals surface area contributed by atoms with Crippen LogP contribution in [-0.2, 0) is 6.54 Å². The fourth-order valence-corrected chi connectivity index (χ4v) is 2.65. The summed E-state index contributed by atoms with van der Waals surface area (Å²) in [5.74, 6) is 0. The highest BCUT2D eigenvalue weighted by molar-refractivity contribution is 5.66. The van der Waals surface area contributed by atoms with Crippen LogP contribution in [0.15, 0.2) is 48.5 Å². The molecule has 0 N–H and O–H groups in total. The molecule has 1 heteroatoms. The first-order valence-electron chi connectivity index (χ1n) is 6.71. The van der Waals surface area contributed by atoms with Gasteiger partial charge < -0.3 is 0 Å². The Bertz CT molecular complexity index is 498. The third kappa shape index (κ3) is 2.46. The van der Waals surface area contributed by atoms with Crippen LogP contribution in [0.4, 0.5) is 0 Å². The van der Waals surface area contributed by atoms with E-state index in [9.17, 15) is 0 Å². The van der Waals surface area contributed by atoms with E-state index in [-0.39, 0.29) is 0 Å². The van der Waals surface area contributed by atoms with E-state index in [1.165, 1.54) is 42.6 Å². The van der Waals surface area contributed by atoms with E-state index in [0.29, 0.717) is 0 Å². The predicted molar refractivity (Wildman–Crippen MR) is 75.2 cm³/mol. The summed E-state index contributed by atoms with van der Waals surface area (Å²) in [6.45, 7) is 3.50. The number of hydrogen-bond donors (Lipinski definition) is 0. The van der Waals surface area contributed by atoms with Gasteiger partial charge in [0.1, 0.15) is 0 Å². The van der Waals surface area contributed by atoms with E-state index in [1.54, 1.807) is 0 Å². The minimum absolute atomic E-state index is 1.03. The second-order valence-electron chi connectivity index (χ2n) is 4.91. The van der Waals surface area contributed by atoms with Gasteiger partial charge in [0.15, 0.2) is 0 Å². The quantitative estimate of drug-likeness (QED) is 0.784. The lowest BCUT2D eigenvalue weighted by atomic mass is 9.99. The molecular weight excluding hydrogens is 218 g/mol. The maximum atomic E-state index is 3.42. The molecule has 0 bridgehead atoms. The van der Waals surface area contributed by atoms with Crippen LogP contribution in [-0.4, -0.2) is 18.0 Å². The van der Waals surface area contributed by atoms with Gasteiger partial charge in [0.2, 0.25) is 0 Å². The second kappa shape index (κ2) is 5.36. The van der Waals surface area contributed by atoms with Crippen molar-refractivity contribution in [3.63, 3.8) is 0 Å². The Morgan fingerprint density at radius 3 is 2.50 bits per heavy atom. The van der Waals surface area contributed by atoms with E-state index >= 15 is 0 Å². The molecule has 1 saturated heterocycles. The van der Waals surface area contributed by atoms with Crippen molar-refractivity contribution in [2.45, 2.75) is 19.4 Å². The van der Waals surface area contributed by atoms with Crippen LogP contribution in [0.1, 0.15) is 18.4 Å². The molecule has 0 amide bonds. The SMILES string of the molecule is [c]1cccc(-c2ccccc2)c1CN1CCCC1. The summed E-state index contributed by atoms with van der Waals surface area (Å²) in [6, 6.07) is 20.3. The average Bonchev–Trinajstić information content (AvgIpc) is 2.93. The van der Waals surface area contributed by atoms with Gasteiger partial charge in [0.25, 0.3) is 0 Å². The van der Waals surface area contributed by atoms with Crippen molar-refractivity contribution in [2.24, 2.45) is 0 Å². The normalized spacial score (nSPS) is 16.0. The third-order valence-electron chi connectivity index (χ3n) is 3.61. The Balaban J connectivity index is 1.90. The van der Waals surface area contributed by atoms with E-state index < -0.39 is 0 Å². The fraction of sp³-hybridized carbons (Fsp3) is 0.294. The van der Waals surface area contributed by atoms with Gasteiger partial charge in [-0.25, -0.2) is 0 Å². The van der Waals surface area contributed by atoms with Gasteiger partial charge >= 0.3 is 0 Å². The molecule has 1 aliphatic rings. The van der Waals surface area contributed by atoms with Crippen molar-refractivity contribution in [3.05, 3.63) is 60.2 Å². The monoisotopic (exact) mass is 236 g/mol. The Labute approximate surface area is 109 Å². The van der Waals surface area contributed by atoms with Crippen molar-refractivity contribution in [3.8, 4) is 11.1 Å². The van der Waals surface area contributed by atoms with Gasteiger partial charge in [-0.15, -0.1) is 0 Å². The van der Waals surface area contributed by atoms with Gasteiger partial charge in [-0.05, 0) is 48.7 Å². The lowest BCUT2D eigenvalue weighted by Crippen LogP contribution is -2.18. The maximum Gasteiger partial charge on any atom is 0.0246 e. The van der Waals surface area contributed by atoms with E-state index in [1.807, 2.05) is 6.07 Å². The molecule has 2 aromatic rings. The van der Waals surface area contributed by atoms with Gasteiger partial charge in [-0.3, -0.25) is 4.90 Å². The molecule has 1 heterocycles. The van der Waals surface area contributed by atoms with Crippen LogP contribution in [0.25, 0.3) is 11.1 Å². The van der Waals surface area contributed by atoms with Crippen molar-refractivity contribution < 1.29 is 0 Å². The summed E-state index contributed by atoms with van der Waals surface area (Å²) in [5, 5.41) is 0. The summed E-state index contributed by atoms with van der Waals surface area (Å²) < 4.78 is 0. The molecule has 1 radical (unpaired) electrons. The Morgan fingerprint density at radius 2 is 1.72 bits per heavy atom. The third-order valence-corrected chi connectivity index (χ3v) is 3.61. The molecule has 0 unspecified atom stereocenters. The molecule has 0 aromatic heterocycles. The Hall–Kier alpha value is -1.60. The first-order valence-corrected chi connectivity index (χ1v) is 6.71. The molecule has 0 atom stereocenters. The summed E-state index contributed by atoms with van der Waals surface area (Å²) >= 11 is 0. The van der Waals surface area contributed by atoms with Gasteiger partial charge in [-0.2, -0.15) is 0 Å². The van der Waals surface area contributed by atoms with E-state index in [4.69, 9.17) is 0 Å². The van der Waals surface area contributed by atoms with Crippen LogP contribution in [0.3, 0.4) is 0 Å². The largest absolute Gasteiger partial charge is 0.299 e. The highest BCUT2D eigenvalue weighted by Gasteiger charge is 2.13. The minimum Gasteiger partial charge on any atom is -0.299 e. The smallest absolute Gasteiger partial charge is 0.0246 e. The number of rotatable bonds is 3. The summed E-state index contributed by atoms with van der Waals surface area (Å²) in [5.41, 5.74) is 3.94. The lowest BCUT2D eigenvalue weighted by Gasteiger charge is -2.17. The molecule has 0 saturated carbocycles. The average molecular weight is 236 g/mol. The fourth-order valence-electron chi connectivity index (χ4n) is 2.65. The highest BCUT2D eigenvalue weighted by atomic mass is 15.1. The van der Waals surface area contributed by atoms with E-state index in [0.717, 1.165) is 6.54 Å². The number of hydrogen-bond acceptors (Lipinski definition) is 1. The molecule has 1 aliphatic heterocycles. The summed E-state index contributed by atoms with van der Waals surface area (Å²) in [7, 11) is 0. The highest BCUT2D eigenvalue weighted by Crippen LogP contribution is 2.25. The molecule has 18 heavy (non-hydrogen) atoms. The Kier molecular flexibility index (Phi) is 3.42. The van der Waals surface area contributed by atoms with Crippen LogP contribution in [0, 0.1) is 6.07 Å². The second-order valence-corrected chi connectivity index (χ2v) is 4.91. The zero-order chi connectivity index (χ0) is 12.2.